The third-order valence-corrected chi connectivity index (χ3v) is 2.94. The van der Waals surface area contributed by atoms with Gasteiger partial charge in [0.15, 0.2) is 0 Å². The van der Waals surface area contributed by atoms with Gasteiger partial charge in [0.2, 0.25) is 0 Å². The lowest BCUT2D eigenvalue weighted by atomic mass is 10.1. The molecule has 0 heterocycles. The van der Waals surface area contributed by atoms with Gasteiger partial charge in [-0.3, -0.25) is 0 Å². The molecule has 0 saturated carbocycles. The maximum absolute atomic E-state index is 5.23. The zero-order chi connectivity index (χ0) is 10.8. The Kier molecular flexibility index (Phi) is 2.82. The Hall–Kier alpha value is -1.22. The molecule has 0 unspecified atom stereocenters. The normalized spacial score (nSPS) is 10.3. The Morgan fingerprint density at radius 1 is 0.933 bits per heavy atom. The molecule has 2 rings (SSSR count). The lowest BCUT2D eigenvalue weighted by Gasteiger charge is -2.07. The van der Waals surface area contributed by atoms with Gasteiger partial charge in [-0.1, -0.05) is 6.07 Å². The Morgan fingerprint density at radius 2 is 1.73 bits per heavy atom. The van der Waals surface area contributed by atoms with Crippen molar-refractivity contribution in [3.05, 3.63) is 34.8 Å². The predicted molar refractivity (Wildman–Crippen MR) is 64.8 cm³/mol. The summed E-state index contributed by atoms with van der Waals surface area (Å²) in [7, 11) is 3.33. The summed E-state index contributed by atoms with van der Waals surface area (Å²) in [6, 6.07) is 9.98. The molecule has 0 fully saturated rings. The van der Waals surface area contributed by atoms with Gasteiger partial charge in [0, 0.05) is 0 Å². The summed E-state index contributed by atoms with van der Waals surface area (Å²) in [5.41, 5.74) is 0. The van der Waals surface area contributed by atoms with Crippen molar-refractivity contribution in [2.24, 2.45) is 0 Å². The second-order valence-corrected chi connectivity index (χ2v) is 4.05. The highest BCUT2D eigenvalue weighted by Crippen LogP contribution is 2.31. The molecule has 15 heavy (non-hydrogen) atoms. The maximum atomic E-state index is 5.23. The predicted octanol–water partition coefficient (Wildman–Crippen LogP) is 3.62. The molecule has 2 aromatic rings. The van der Waals surface area contributed by atoms with Crippen molar-refractivity contribution in [2.45, 2.75) is 0 Å². The van der Waals surface area contributed by atoms with Crippen LogP contribution in [0.25, 0.3) is 10.8 Å². The molecule has 0 aromatic heterocycles. The fourth-order valence-electron chi connectivity index (χ4n) is 1.51. The maximum Gasteiger partial charge on any atom is 0.133 e. The Bertz CT molecular complexity index is 494. The van der Waals surface area contributed by atoms with E-state index in [2.05, 4.69) is 15.9 Å². The van der Waals surface area contributed by atoms with Gasteiger partial charge < -0.3 is 9.47 Å². The van der Waals surface area contributed by atoms with Crippen LogP contribution in [0.5, 0.6) is 11.5 Å². The average Bonchev–Trinajstić information content (AvgIpc) is 2.27. The molecule has 2 aromatic carbocycles. The number of fused-ring (bicyclic) bond motifs is 1. The molecule has 78 valence electrons. The summed E-state index contributed by atoms with van der Waals surface area (Å²) in [6.07, 6.45) is 0. The lowest BCUT2D eigenvalue weighted by Crippen LogP contribution is -1.86. The van der Waals surface area contributed by atoms with E-state index in [1.54, 1.807) is 14.2 Å². The summed E-state index contributed by atoms with van der Waals surface area (Å²) >= 11 is 3.46. The third kappa shape index (κ3) is 1.92. The van der Waals surface area contributed by atoms with E-state index in [9.17, 15) is 0 Å². The van der Waals surface area contributed by atoms with Crippen LogP contribution in [-0.4, -0.2) is 14.2 Å². The first kappa shape index (κ1) is 10.3. The van der Waals surface area contributed by atoms with Gasteiger partial charge in [0.1, 0.15) is 11.5 Å². The molecular formula is C12H11BrO2. The van der Waals surface area contributed by atoms with Gasteiger partial charge in [-0.25, -0.2) is 0 Å². The van der Waals surface area contributed by atoms with E-state index in [1.165, 1.54) is 0 Å². The fourth-order valence-corrected chi connectivity index (χ4v) is 2.03. The van der Waals surface area contributed by atoms with E-state index in [-0.39, 0.29) is 0 Å². The molecule has 0 N–H and O–H groups in total. The highest BCUT2D eigenvalue weighted by atomic mass is 79.9. The van der Waals surface area contributed by atoms with Crippen molar-refractivity contribution in [3.8, 4) is 11.5 Å². The molecule has 0 amide bonds. The van der Waals surface area contributed by atoms with Crippen LogP contribution in [0.1, 0.15) is 0 Å². The summed E-state index contributed by atoms with van der Waals surface area (Å²) in [5.74, 6) is 1.70. The number of rotatable bonds is 2. The van der Waals surface area contributed by atoms with Crippen LogP contribution >= 0.6 is 15.9 Å². The molecule has 2 nitrogen and oxygen atoms in total. The summed E-state index contributed by atoms with van der Waals surface area (Å²) in [6.45, 7) is 0. The number of benzene rings is 2. The summed E-state index contributed by atoms with van der Waals surface area (Å²) in [5, 5.41) is 2.26. The Labute approximate surface area is 96.9 Å². The standard InChI is InChI=1S/C12H11BrO2/c1-14-10-4-3-8-7-12(15-2)11(13)6-9(8)5-10/h3-7H,1-2H3. The first-order chi connectivity index (χ1) is 7.24. The summed E-state index contributed by atoms with van der Waals surface area (Å²) < 4.78 is 11.4. The Morgan fingerprint density at radius 3 is 2.40 bits per heavy atom. The van der Waals surface area contributed by atoms with Crippen molar-refractivity contribution in [1.29, 1.82) is 0 Å². The van der Waals surface area contributed by atoms with Gasteiger partial charge in [0.25, 0.3) is 0 Å². The first-order valence-corrected chi connectivity index (χ1v) is 5.35. The molecule has 0 aliphatic rings. The van der Waals surface area contributed by atoms with E-state index in [0.29, 0.717) is 0 Å². The summed E-state index contributed by atoms with van der Waals surface area (Å²) in [4.78, 5) is 0. The molecule has 0 atom stereocenters. The van der Waals surface area contributed by atoms with Crippen LogP contribution in [0.3, 0.4) is 0 Å². The van der Waals surface area contributed by atoms with Gasteiger partial charge >= 0.3 is 0 Å². The number of ether oxygens (including phenoxy) is 2. The quantitative estimate of drug-likeness (QED) is 0.827. The molecule has 0 radical (unpaired) electrons. The van der Waals surface area contributed by atoms with Crippen molar-refractivity contribution in [2.75, 3.05) is 14.2 Å². The van der Waals surface area contributed by atoms with Crippen molar-refractivity contribution < 1.29 is 9.47 Å². The van der Waals surface area contributed by atoms with E-state index >= 15 is 0 Å². The minimum atomic E-state index is 0.840. The van der Waals surface area contributed by atoms with Crippen LogP contribution in [0.15, 0.2) is 34.8 Å². The zero-order valence-electron chi connectivity index (χ0n) is 8.58. The van der Waals surface area contributed by atoms with Crippen molar-refractivity contribution >= 4 is 26.7 Å². The largest absolute Gasteiger partial charge is 0.497 e. The van der Waals surface area contributed by atoms with Gasteiger partial charge in [-0.2, -0.15) is 0 Å². The van der Waals surface area contributed by atoms with Crippen LogP contribution in [0, 0.1) is 0 Å². The van der Waals surface area contributed by atoms with E-state index in [4.69, 9.17) is 9.47 Å². The molecule has 0 aliphatic carbocycles. The van der Waals surface area contributed by atoms with Gasteiger partial charge in [-0.05, 0) is 51.0 Å². The Balaban J connectivity index is 2.65. The smallest absolute Gasteiger partial charge is 0.133 e. The number of hydrogen-bond donors (Lipinski definition) is 0. The molecule has 3 heteroatoms. The van der Waals surface area contributed by atoms with Crippen LogP contribution < -0.4 is 9.47 Å². The van der Waals surface area contributed by atoms with Crippen molar-refractivity contribution in [1.82, 2.24) is 0 Å². The SMILES string of the molecule is COc1ccc2cc(OC)c(Br)cc2c1. The monoisotopic (exact) mass is 266 g/mol. The highest BCUT2D eigenvalue weighted by Gasteiger charge is 2.03. The molecule has 0 saturated heterocycles. The van der Waals surface area contributed by atoms with E-state index in [1.807, 2.05) is 30.3 Å². The number of hydrogen-bond acceptors (Lipinski definition) is 2. The second-order valence-electron chi connectivity index (χ2n) is 3.20. The average molecular weight is 267 g/mol. The first-order valence-electron chi connectivity index (χ1n) is 4.56. The zero-order valence-corrected chi connectivity index (χ0v) is 10.2. The number of methoxy groups -OCH3 is 2. The molecule has 0 bridgehead atoms. The third-order valence-electron chi connectivity index (χ3n) is 2.32. The second kappa shape index (κ2) is 4.11. The topological polar surface area (TPSA) is 18.5 Å². The van der Waals surface area contributed by atoms with Crippen LogP contribution in [0.2, 0.25) is 0 Å². The van der Waals surface area contributed by atoms with E-state index in [0.717, 1.165) is 26.7 Å². The van der Waals surface area contributed by atoms with Gasteiger partial charge in [0.05, 0.1) is 18.7 Å². The fraction of sp³-hybridized carbons (Fsp3) is 0.167. The number of halogens is 1. The molecule has 0 spiro atoms. The van der Waals surface area contributed by atoms with Crippen LogP contribution in [0.4, 0.5) is 0 Å². The minimum absolute atomic E-state index is 0.840. The minimum Gasteiger partial charge on any atom is -0.497 e. The van der Waals surface area contributed by atoms with Crippen molar-refractivity contribution in [3.63, 3.8) is 0 Å². The highest BCUT2D eigenvalue weighted by molar-refractivity contribution is 9.10. The molecule has 0 aliphatic heterocycles. The van der Waals surface area contributed by atoms with Crippen LogP contribution in [-0.2, 0) is 0 Å². The van der Waals surface area contributed by atoms with Gasteiger partial charge in [-0.15, -0.1) is 0 Å². The molecular weight excluding hydrogens is 256 g/mol. The van der Waals surface area contributed by atoms with E-state index < -0.39 is 0 Å². The lowest BCUT2D eigenvalue weighted by molar-refractivity contribution is 0.412.